The van der Waals surface area contributed by atoms with E-state index in [0.717, 1.165) is 55.4 Å². The SMILES string of the molecule is Cc1cccc(S(=O)(=O)N2CCCC2CNC(=O)NC23CC4CC(CC(C4)C2)C3)c1. The standard InChI is InChI=1S/C23H33N3O3S/c1-16-4-2-6-21(8-16)30(28,29)26-7-3-5-20(26)15-24-22(27)25-23-12-17-9-18(13-23)11-19(10-17)14-23/h2,4,6,8,17-20H,3,5,7,9-15H2,1H3,(H2,24,25,27). The molecular weight excluding hydrogens is 398 g/mol. The zero-order valence-electron chi connectivity index (χ0n) is 17.8. The second-order valence-corrected chi connectivity index (χ2v) is 12.2. The van der Waals surface area contributed by atoms with Gasteiger partial charge in [0.05, 0.1) is 4.90 Å². The minimum absolute atomic E-state index is 0.0260. The Bertz CT molecular complexity index is 894. The van der Waals surface area contributed by atoms with Gasteiger partial charge in [-0.3, -0.25) is 0 Å². The maximum Gasteiger partial charge on any atom is 0.315 e. The van der Waals surface area contributed by atoms with Crippen LogP contribution in [0.15, 0.2) is 29.2 Å². The molecule has 4 bridgehead atoms. The van der Waals surface area contributed by atoms with Crippen molar-refractivity contribution in [2.75, 3.05) is 13.1 Å². The molecule has 4 saturated carbocycles. The first-order chi connectivity index (χ1) is 14.3. The fourth-order valence-electron chi connectivity index (χ4n) is 7.00. The average molecular weight is 432 g/mol. The summed E-state index contributed by atoms with van der Waals surface area (Å²) in [5.41, 5.74) is 0.905. The Labute approximate surface area is 179 Å². The van der Waals surface area contributed by atoms with Crippen molar-refractivity contribution in [3.63, 3.8) is 0 Å². The number of nitrogens with one attached hydrogen (secondary N) is 2. The summed E-state index contributed by atoms with van der Waals surface area (Å²) in [6.07, 6.45) is 8.98. The molecule has 6 nitrogen and oxygen atoms in total. The van der Waals surface area contributed by atoms with Crippen LogP contribution >= 0.6 is 0 Å². The van der Waals surface area contributed by atoms with E-state index in [1.807, 2.05) is 13.0 Å². The van der Waals surface area contributed by atoms with E-state index < -0.39 is 10.0 Å². The molecule has 4 aliphatic carbocycles. The van der Waals surface area contributed by atoms with Gasteiger partial charge >= 0.3 is 6.03 Å². The lowest BCUT2D eigenvalue weighted by Gasteiger charge is -2.56. The summed E-state index contributed by atoms with van der Waals surface area (Å²) in [6, 6.07) is 6.75. The number of nitrogens with zero attached hydrogens (tertiary/aromatic N) is 1. The normalized spacial score (nSPS) is 35.5. The molecule has 0 aromatic heterocycles. The first-order valence-corrected chi connectivity index (χ1v) is 12.9. The van der Waals surface area contributed by atoms with Crippen molar-refractivity contribution in [1.29, 1.82) is 0 Å². The van der Waals surface area contributed by atoms with Gasteiger partial charge in [0.1, 0.15) is 0 Å². The van der Waals surface area contributed by atoms with Crippen LogP contribution in [0.3, 0.4) is 0 Å². The van der Waals surface area contributed by atoms with Gasteiger partial charge < -0.3 is 10.6 Å². The zero-order valence-corrected chi connectivity index (χ0v) is 18.6. The lowest BCUT2D eigenvalue weighted by Crippen LogP contribution is -2.62. The maximum atomic E-state index is 13.1. The quantitative estimate of drug-likeness (QED) is 0.750. The molecular formula is C23H33N3O3S. The van der Waals surface area contributed by atoms with E-state index in [4.69, 9.17) is 0 Å². The van der Waals surface area contributed by atoms with Gasteiger partial charge in [-0.25, -0.2) is 13.2 Å². The van der Waals surface area contributed by atoms with Crippen LogP contribution in [0, 0.1) is 24.7 Å². The van der Waals surface area contributed by atoms with Gasteiger partial charge in [-0.05, 0) is 93.7 Å². The Morgan fingerprint density at radius 1 is 1.13 bits per heavy atom. The summed E-state index contributed by atoms with van der Waals surface area (Å²) < 4.78 is 27.9. The third-order valence-electron chi connectivity index (χ3n) is 7.83. The van der Waals surface area contributed by atoms with Crippen molar-refractivity contribution < 1.29 is 13.2 Å². The predicted octanol–water partition coefficient (Wildman–Crippen LogP) is 3.42. The molecule has 1 aromatic carbocycles. The molecule has 1 heterocycles. The number of carbonyl (C=O) groups excluding carboxylic acids is 1. The lowest BCUT2D eigenvalue weighted by molar-refractivity contribution is -0.0135. The molecule has 6 rings (SSSR count). The van der Waals surface area contributed by atoms with Gasteiger partial charge in [0.25, 0.3) is 0 Å². The number of rotatable bonds is 5. The monoisotopic (exact) mass is 431 g/mol. The molecule has 2 N–H and O–H groups in total. The van der Waals surface area contributed by atoms with Gasteiger partial charge in [0, 0.05) is 24.7 Å². The predicted molar refractivity (Wildman–Crippen MR) is 116 cm³/mol. The Balaban J connectivity index is 1.21. The summed E-state index contributed by atoms with van der Waals surface area (Å²) in [4.78, 5) is 13.1. The van der Waals surface area contributed by atoms with Gasteiger partial charge in [-0.2, -0.15) is 4.31 Å². The summed E-state index contributed by atoms with van der Waals surface area (Å²) in [6.45, 7) is 2.78. The van der Waals surface area contributed by atoms with E-state index in [1.54, 1.807) is 22.5 Å². The second kappa shape index (κ2) is 7.52. The van der Waals surface area contributed by atoms with E-state index in [0.29, 0.717) is 18.0 Å². The van der Waals surface area contributed by atoms with Gasteiger partial charge in [-0.15, -0.1) is 0 Å². The van der Waals surface area contributed by atoms with Crippen LogP contribution in [0.1, 0.15) is 56.9 Å². The summed E-state index contributed by atoms with van der Waals surface area (Å²) in [5.74, 6) is 2.34. The number of hydrogen-bond donors (Lipinski definition) is 2. The first-order valence-electron chi connectivity index (χ1n) is 11.5. The molecule has 2 amide bonds. The van der Waals surface area contributed by atoms with E-state index >= 15 is 0 Å². The lowest BCUT2D eigenvalue weighted by atomic mass is 9.53. The summed E-state index contributed by atoms with van der Waals surface area (Å²) in [7, 11) is -3.54. The topological polar surface area (TPSA) is 78.5 Å². The van der Waals surface area contributed by atoms with E-state index in [2.05, 4.69) is 10.6 Å². The first kappa shape index (κ1) is 20.3. The van der Waals surface area contributed by atoms with Gasteiger partial charge in [0.2, 0.25) is 10.0 Å². The highest BCUT2D eigenvalue weighted by atomic mass is 32.2. The highest BCUT2D eigenvalue weighted by Gasteiger charge is 2.51. The minimum Gasteiger partial charge on any atom is -0.337 e. The zero-order chi connectivity index (χ0) is 20.9. The maximum absolute atomic E-state index is 13.1. The van der Waals surface area contributed by atoms with E-state index in [1.165, 1.54) is 19.3 Å². The number of benzene rings is 1. The Kier molecular flexibility index (Phi) is 5.09. The fraction of sp³-hybridized carbons (Fsp3) is 0.696. The molecule has 0 radical (unpaired) electrons. The number of sulfonamides is 1. The Morgan fingerprint density at radius 3 is 2.43 bits per heavy atom. The fourth-order valence-corrected chi connectivity index (χ4v) is 8.80. The van der Waals surface area contributed by atoms with Crippen LogP contribution < -0.4 is 10.6 Å². The van der Waals surface area contributed by atoms with Crippen molar-refractivity contribution in [3.05, 3.63) is 29.8 Å². The smallest absolute Gasteiger partial charge is 0.315 e. The number of amides is 2. The summed E-state index contributed by atoms with van der Waals surface area (Å²) >= 11 is 0. The summed E-state index contributed by atoms with van der Waals surface area (Å²) in [5, 5.41) is 6.33. The molecule has 5 aliphatic rings. The van der Waals surface area contributed by atoms with E-state index in [-0.39, 0.29) is 17.6 Å². The molecule has 1 saturated heterocycles. The second-order valence-electron chi connectivity index (χ2n) is 10.3. The van der Waals surface area contributed by atoms with Crippen LogP contribution in [0.2, 0.25) is 0 Å². The average Bonchev–Trinajstić information content (AvgIpc) is 3.14. The number of carbonyl (C=O) groups is 1. The van der Waals surface area contributed by atoms with Crippen LogP contribution in [0.5, 0.6) is 0 Å². The van der Waals surface area contributed by atoms with Crippen molar-refractivity contribution >= 4 is 16.1 Å². The molecule has 1 atom stereocenters. The van der Waals surface area contributed by atoms with Crippen LogP contribution in [-0.4, -0.2) is 43.4 Å². The van der Waals surface area contributed by atoms with Crippen molar-refractivity contribution in [3.8, 4) is 0 Å². The molecule has 0 spiro atoms. The molecule has 5 fully saturated rings. The van der Waals surface area contributed by atoms with Crippen molar-refractivity contribution in [1.82, 2.24) is 14.9 Å². The molecule has 1 aliphatic heterocycles. The highest BCUT2D eigenvalue weighted by Crippen LogP contribution is 2.55. The van der Waals surface area contributed by atoms with Crippen molar-refractivity contribution in [2.24, 2.45) is 17.8 Å². The Hall–Kier alpha value is -1.60. The van der Waals surface area contributed by atoms with Crippen LogP contribution in [0.25, 0.3) is 0 Å². The largest absolute Gasteiger partial charge is 0.337 e. The third kappa shape index (κ3) is 3.75. The van der Waals surface area contributed by atoms with Crippen LogP contribution in [0.4, 0.5) is 4.79 Å². The number of aryl methyl sites for hydroxylation is 1. The molecule has 1 aromatic rings. The third-order valence-corrected chi connectivity index (χ3v) is 9.78. The molecule has 164 valence electrons. The van der Waals surface area contributed by atoms with Crippen molar-refractivity contribution in [2.45, 2.75) is 74.8 Å². The van der Waals surface area contributed by atoms with Gasteiger partial charge in [0.15, 0.2) is 0 Å². The molecule has 1 unspecified atom stereocenters. The Morgan fingerprint density at radius 2 is 1.80 bits per heavy atom. The number of hydrogen-bond acceptors (Lipinski definition) is 3. The number of urea groups is 1. The van der Waals surface area contributed by atoms with Gasteiger partial charge in [-0.1, -0.05) is 12.1 Å². The molecule has 7 heteroatoms. The highest BCUT2D eigenvalue weighted by molar-refractivity contribution is 7.89. The van der Waals surface area contributed by atoms with Crippen LogP contribution in [-0.2, 0) is 10.0 Å². The van der Waals surface area contributed by atoms with E-state index in [9.17, 15) is 13.2 Å². The molecule has 30 heavy (non-hydrogen) atoms. The minimum atomic E-state index is -3.54.